The van der Waals surface area contributed by atoms with E-state index in [1.54, 1.807) is 4.90 Å². The molecule has 8 nitrogen and oxygen atoms in total. The molecule has 1 unspecified atom stereocenters. The smallest absolute Gasteiger partial charge is 0.243 e. The lowest BCUT2D eigenvalue weighted by atomic mass is 9.94. The number of hydrogen-bond acceptors (Lipinski definition) is 5. The molecular formula is C31H47ClN4O4. The van der Waals surface area contributed by atoms with Gasteiger partial charge in [0.15, 0.2) is 0 Å². The van der Waals surface area contributed by atoms with Crippen LogP contribution in [-0.4, -0.2) is 72.1 Å². The molecule has 1 heterocycles. The molecule has 1 aliphatic heterocycles. The second-order valence-corrected chi connectivity index (χ2v) is 12.9. The highest BCUT2D eigenvalue weighted by Gasteiger charge is 2.39. The Bertz CT molecular complexity index is 1160. The summed E-state index contributed by atoms with van der Waals surface area (Å²) in [6.45, 7) is 13.6. The van der Waals surface area contributed by atoms with E-state index in [9.17, 15) is 19.5 Å². The number of carbonyl (C=O) groups excluding carboxylic acids is 3. The Morgan fingerprint density at radius 3 is 2.33 bits per heavy atom. The molecule has 0 spiro atoms. The molecule has 1 fully saturated rings. The Morgan fingerprint density at radius 1 is 1.00 bits per heavy atom. The fourth-order valence-corrected chi connectivity index (χ4v) is 4.82. The van der Waals surface area contributed by atoms with Crippen LogP contribution in [0.25, 0.3) is 10.8 Å². The van der Waals surface area contributed by atoms with Crippen LogP contribution in [0.4, 0.5) is 0 Å². The highest BCUT2D eigenvalue weighted by molar-refractivity contribution is 5.93. The quantitative estimate of drug-likeness (QED) is 0.347. The monoisotopic (exact) mass is 574 g/mol. The molecule has 3 atom stereocenters. The molecule has 0 aromatic heterocycles. The summed E-state index contributed by atoms with van der Waals surface area (Å²) < 4.78 is 0. The maximum atomic E-state index is 13.4. The molecule has 2 aromatic rings. The number of aliphatic hydroxyl groups excluding tert-OH is 1. The van der Waals surface area contributed by atoms with Gasteiger partial charge in [-0.2, -0.15) is 0 Å². The van der Waals surface area contributed by atoms with E-state index in [2.05, 4.69) is 36.7 Å². The van der Waals surface area contributed by atoms with E-state index in [-0.39, 0.29) is 42.1 Å². The van der Waals surface area contributed by atoms with Crippen LogP contribution in [0.15, 0.2) is 42.5 Å². The molecule has 1 saturated heterocycles. The van der Waals surface area contributed by atoms with Crippen molar-refractivity contribution in [3.8, 4) is 0 Å². The van der Waals surface area contributed by atoms with E-state index in [4.69, 9.17) is 0 Å². The number of nitrogens with one attached hydrogen (secondary N) is 3. The highest BCUT2D eigenvalue weighted by atomic mass is 35.5. The summed E-state index contributed by atoms with van der Waals surface area (Å²) in [6, 6.07) is 12.5. The van der Waals surface area contributed by atoms with Crippen molar-refractivity contribution < 1.29 is 19.5 Å². The second kappa shape index (κ2) is 14.3. The van der Waals surface area contributed by atoms with E-state index < -0.39 is 23.6 Å². The number of nitrogens with zero attached hydrogens (tertiary/aromatic N) is 1. The summed E-state index contributed by atoms with van der Waals surface area (Å²) >= 11 is 0. The van der Waals surface area contributed by atoms with Crippen molar-refractivity contribution >= 4 is 40.9 Å². The van der Waals surface area contributed by atoms with Gasteiger partial charge < -0.3 is 26.0 Å². The van der Waals surface area contributed by atoms with Gasteiger partial charge in [0.1, 0.15) is 12.1 Å². The minimum Gasteiger partial charge on any atom is -0.390 e. The Morgan fingerprint density at radius 2 is 1.68 bits per heavy atom. The third-order valence-electron chi connectivity index (χ3n) is 6.89. The van der Waals surface area contributed by atoms with Crippen LogP contribution in [0, 0.1) is 10.8 Å². The third kappa shape index (κ3) is 9.75. The Kier molecular flexibility index (Phi) is 12.0. The fraction of sp³-hybridized carbons (Fsp3) is 0.581. The van der Waals surface area contributed by atoms with Gasteiger partial charge in [0.05, 0.1) is 6.10 Å². The molecule has 40 heavy (non-hydrogen) atoms. The Balaban J connectivity index is 0.00000560. The minimum absolute atomic E-state index is 0. The van der Waals surface area contributed by atoms with Gasteiger partial charge in [-0.15, -0.1) is 12.4 Å². The lowest BCUT2D eigenvalue weighted by Gasteiger charge is -2.31. The van der Waals surface area contributed by atoms with Gasteiger partial charge in [-0.25, -0.2) is 0 Å². The van der Waals surface area contributed by atoms with Crippen LogP contribution < -0.4 is 16.0 Å². The average Bonchev–Trinajstić information content (AvgIpc) is 3.35. The number of likely N-dealkylation sites (tertiary alicyclic amines) is 1. The normalized spacial score (nSPS) is 17.2. The number of fused-ring (bicyclic) bond motifs is 1. The number of rotatable bonds is 10. The molecule has 2 aromatic carbocycles. The second-order valence-electron chi connectivity index (χ2n) is 12.9. The fourth-order valence-electron chi connectivity index (χ4n) is 4.82. The summed E-state index contributed by atoms with van der Waals surface area (Å²) in [6.07, 6.45) is 0.842. The van der Waals surface area contributed by atoms with Crippen molar-refractivity contribution in [2.24, 2.45) is 10.8 Å². The van der Waals surface area contributed by atoms with Crippen LogP contribution >= 0.6 is 12.4 Å². The molecule has 0 aliphatic carbocycles. The molecule has 0 saturated carbocycles. The number of aliphatic hydroxyl groups is 1. The molecule has 0 radical (unpaired) electrons. The van der Waals surface area contributed by atoms with Crippen molar-refractivity contribution in [1.82, 2.24) is 20.9 Å². The van der Waals surface area contributed by atoms with E-state index in [0.29, 0.717) is 25.9 Å². The van der Waals surface area contributed by atoms with Gasteiger partial charge in [0, 0.05) is 38.0 Å². The summed E-state index contributed by atoms with van der Waals surface area (Å²) in [7, 11) is 0. The molecule has 0 bridgehead atoms. The highest BCUT2D eigenvalue weighted by Crippen LogP contribution is 2.26. The van der Waals surface area contributed by atoms with Gasteiger partial charge in [-0.1, -0.05) is 84.0 Å². The zero-order valence-electron chi connectivity index (χ0n) is 24.8. The predicted molar refractivity (Wildman–Crippen MR) is 162 cm³/mol. The lowest BCUT2D eigenvalue weighted by Crippen LogP contribution is -2.55. The first kappa shape index (κ1) is 33.5. The number of benzene rings is 2. The van der Waals surface area contributed by atoms with Crippen molar-refractivity contribution in [2.45, 2.75) is 79.0 Å². The number of hydrogen-bond donors (Lipinski definition) is 4. The summed E-state index contributed by atoms with van der Waals surface area (Å²) in [5, 5.41) is 21.5. The number of amides is 3. The SMILES string of the molecule is CC(C)(C)CNCC(O)CNC(=O)[C@@H](Cc1ccc2ccccc2c1)NC(=O)[C@@H]1CCCN1C(=O)C(C)(C)C.Cl. The number of carbonyl (C=O) groups is 3. The summed E-state index contributed by atoms with van der Waals surface area (Å²) in [5.41, 5.74) is 0.401. The van der Waals surface area contributed by atoms with Gasteiger partial charge in [-0.05, 0) is 34.6 Å². The first-order valence-electron chi connectivity index (χ1n) is 14.0. The topological polar surface area (TPSA) is 111 Å². The molecule has 3 amide bonds. The Labute approximate surface area is 245 Å². The predicted octanol–water partition coefficient (Wildman–Crippen LogP) is 3.44. The first-order valence-corrected chi connectivity index (χ1v) is 14.0. The van der Waals surface area contributed by atoms with Crippen LogP contribution in [0.1, 0.15) is 59.9 Å². The summed E-state index contributed by atoms with van der Waals surface area (Å²) in [5.74, 6) is -0.752. The Hall–Kier alpha value is -2.68. The van der Waals surface area contributed by atoms with Gasteiger partial charge in [-0.3, -0.25) is 14.4 Å². The largest absolute Gasteiger partial charge is 0.390 e. The van der Waals surface area contributed by atoms with E-state index in [1.165, 1.54) is 0 Å². The molecule has 1 aliphatic rings. The standard InChI is InChI=1S/C31H46N4O4.ClH/c1-30(2,3)20-32-18-24(36)19-33-27(37)25(17-21-13-14-22-10-7-8-11-23(22)16-21)34-28(38)26-12-9-15-35(26)29(39)31(4,5)6;/h7-8,10-11,13-14,16,24-26,32,36H,9,12,15,17-20H2,1-6H3,(H,33,37)(H,34,38);1H/t24?,25-,26+;/m1./s1. The molecule has 9 heteroatoms. The van der Waals surface area contributed by atoms with Crippen molar-refractivity contribution in [3.05, 3.63) is 48.0 Å². The molecular weight excluding hydrogens is 528 g/mol. The van der Waals surface area contributed by atoms with E-state index in [0.717, 1.165) is 29.3 Å². The van der Waals surface area contributed by atoms with Crippen LogP contribution in [0.2, 0.25) is 0 Å². The van der Waals surface area contributed by atoms with Crippen LogP contribution in [-0.2, 0) is 20.8 Å². The zero-order valence-corrected chi connectivity index (χ0v) is 25.6. The van der Waals surface area contributed by atoms with Crippen LogP contribution in [0.3, 0.4) is 0 Å². The molecule has 4 N–H and O–H groups in total. The third-order valence-corrected chi connectivity index (χ3v) is 6.89. The summed E-state index contributed by atoms with van der Waals surface area (Å²) in [4.78, 5) is 41.4. The van der Waals surface area contributed by atoms with Crippen molar-refractivity contribution in [3.63, 3.8) is 0 Å². The first-order chi connectivity index (χ1) is 18.2. The van der Waals surface area contributed by atoms with Crippen molar-refractivity contribution in [1.29, 1.82) is 0 Å². The van der Waals surface area contributed by atoms with Crippen LogP contribution in [0.5, 0.6) is 0 Å². The minimum atomic E-state index is -0.847. The molecule has 222 valence electrons. The van der Waals surface area contributed by atoms with Gasteiger partial charge in [0.25, 0.3) is 0 Å². The van der Waals surface area contributed by atoms with Gasteiger partial charge >= 0.3 is 0 Å². The maximum Gasteiger partial charge on any atom is 0.243 e. The van der Waals surface area contributed by atoms with Gasteiger partial charge in [0.2, 0.25) is 17.7 Å². The average molecular weight is 575 g/mol. The van der Waals surface area contributed by atoms with E-state index in [1.807, 2.05) is 63.2 Å². The maximum absolute atomic E-state index is 13.4. The zero-order chi connectivity index (χ0) is 28.8. The van der Waals surface area contributed by atoms with Crippen molar-refractivity contribution in [2.75, 3.05) is 26.2 Å². The number of halogens is 1. The van der Waals surface area contributed by atoms with E-state index >= 15 is 0 Å². The lowest BCUT2D eigenvalue weighted by molar-refractivity contribution is -0.145. The molecule has 3 rings (SSSR count).